The van der Waals surface area contributed by atoms with Crippen molar-refractivity contribution in [3.05, 3.63) is 30.3 Å². The minimum absolute atomic E-state index is 0. The maximum atomic E-state index is 12.6. The van der Waals surface area contributed by atoms with Gasteiger partial charge in [0.1, 0.15) is 0 Å². The van der Waals surface area contributed by atoms with Crippen molar-refractivity contribution in [1.29, 1.82) is 0 Å². The summed E-state index contributed by atoms with van der Waals surface area (Å²) in [7, 11) is -3.33. The molecule has 0 aliphatic carbocycles. The van der Waals surface area contributed by atoms with Gasteiger partial charge in [-0.15, -0.1) is 24.0 Å². The van der Waals surface area contributed by atoms with E-state index in [1.54, 1.807) is 24.3 Å². The molecule has 0 spiro atoms. The number of nitrogens with one attached hydrogen (secondary N) is 2. The van der Waals surface area contributed by atoms with Gasteiger partial charge in [0, 0.05) is 32.3 Å². The number of benzene rings is 1. The van der Waals surface area contributed by atoms with Gasteiger partial charge in [-0.1, -0.05) is 25.1 Å². The molecule has 1 unspecified atom stereocenters. The minimum Gasteiger partial charge on any atom is -0.382 e. The van der Waals surface area contributed by atoms with E-state index in [9.17, 15) is 8.42 Å². The summed E-state index contributed by atoms with van der Waals surface area (Å²) in [5, 5.41) is 6.41. The van der Waals surface area contributed by atoms with E-state index in [0.717, 1.165) is 13.0 Å². The van der Waals surface area contributed by atoms with Gasteiger partial charge in [0.05, 0.1) is 10.6 Å². The fourth-order valence-corrected chi connectivity index (χ4v) is 3.88. The lowest BCUT2D eigenvalue weighted by molar-refractivity contribution is 0.146. The van der Waals surface area contributed by atoms with E-state index in [2.05, 4.69) is 15.6 Å². The summed E-state index contributed by atoms with van der Waals surface area (Å²) in [6, 6.07) is 8.36. The van der Waals surface area contributed by atoms with E-state index < -0.39 is 9.84 Å². The molecule has 0 radical (unpaired) electrons. The Bertz CT molecular complexity index is 609. The van der Waals surface area contributed by atoms with E-state index in [0.29, 0.717) is 37.0 Å². The number of guanidine groups is 1. The van der Waals surface area contributed by atoms with Crippen LogP contribution >= 0.6 is 24.0 Å². The lowest BCUT2D eigenvalue weighted by Crippen LogP contribution is -2.46. The molecule has 1 rings (SSSR count). The molecular weight excluding hydrogens is 465 g/mol. The average Bonchev–Trinajstić information content (AvgIpc) is 2.61. The topological polar surface area (TPSA) is 79.8 Å². The first-order valence-corrected chi connectivity index (χ1v) is 10.6. The maximum absolute atomic E-state index is 12.6. The zero-order chi connectivity index (χ0) is 18.5. The predicted octanol–water partition coefficient (Wildman–Crippen LogP) is 2.84. The summed E-state index contributed by atoms with van der Waals surface area (Å²) in [5.74, 6) is 0.686. The molecule has 26 heavy (non-hydrogen) atoms. The summed E-state index contributed by atoms with van der Waals surface area (Å²) in [6.07, 6.45) is 1.53. The van der Waals surface area contributed by atoms with Gasteiger partial charge < -0.3 is 15.4 Å². The number of ether oxygens (including phenoxy) is 1. The third kappa shape index (κ3) is 9.72. The zero-order valence-electron chi connectivity index (χ0n) is 15.9. The zero-order valence-corrected chi connectivity index (χ0v) is 19.0. The van der Waals surface area contributed by atoms with Crippen LogP contribution in [-0.2, 0) is 14.6 Å². The van der Waals surface area contributed by atoms with Crippen LogP contribution < -0.4 is 10.6 Å². The molecule has 0 aliphatic heterocycles. The second kappa shape index (κ2) is 14.2. The molecule has 0 amide bonds. The number of nitrogens with zero attached hydrogens (tertiary/aromatic N) is 1. The Morgan fingerprint density at radius 3 is 2.46 bits per heavy atom. The van der Waals surface area contributed by atoms with Gasteiger partial charge in [0.25, 0.3) is 0 Å². The Hall–Kier alpha value is -0.870. The molecule has 150 valence electrons. The fourth-order valence-electron chi connectivity index (χ4n) is 2.27. The highest BCUT2D eigenvalue weighted by atomic mass is 127. The van der Waals surface area contributed by atoms with Gasteiger partial charge in [-0.25, -0.2) is 8.42 Å². The van der Waals surface area contributed by atoms with Crippen molar-refractivity contribution in [3.8, 4) is 0 Å². The second-order valence-electron chi connectivity index (χ2n) is 5.66. The van der Waals surface area contributed by atoms with Crippen molar-refractivity contribution in [2.75, 3.05) is 32.1 Å². The van der Waals surface area contributed by atoms with Crippen LogP contribution in [0.1, 0.15) is 33.6 Å². The molecule has 0 aliphatic rings. The Balaban J connectivity index is 0.00000625. The van der Waals surface area contributed by atoms with Crippen LogP contribution in [0.2, 0.25) is 0 Å². The third-order valence-electron chi connectivity index (χ3n) is 3.62. The quantitative estimate of drug-likeness (QED) is 0.213. The molecule has 0 saturated heterocycles. The van der Waals surface area contributed by atoms with Crippen molar-refractivity contribution in [2.45, 2.75) is 44.6 Å². The number of rotatable bonds is 11. The molecule has 0 aromatic heterocycles. The summed E-state index contributed by atoms with van der Waals surface area (Å²) in [6.45, 7) is 8.66. The van der Waals surface area contributed by atoms with Gasteiger partial charge in [-0.3, -0.25) is 4.99 Å². The molecule has 0 saturated carbocycles. The Labute approximate surface area is 175 Å². The highest BCUT2D eigenvalue weighted by Crippen LogP contribution is 2.12. The van der Waals surface area contributed by atoms with Crippen molar-refractivity contribution < 1.29 is 13.2 Å². The molecule has 0 bridgehead atoms. The Kier molecular flexibility index (Phi) is 13.7. The molecule has 1 atom stereocenters. The van der Waals surface area contributed by atoms with E-state index in [4.69, 9.17) is 4.74 Å². The summed E-state index contributed by atoms with van der Waals surface area (Å²) in [4.78, 5) is 4.85. The SMILES string of the molecule is CCNC(=NCCCOCC)NC(CC)CS(=O)(=O)c1ccccc1.I. The van der Waals surface area contributed by atoms with Gasteiger partial charge in [-0.05, 0) is 38.8 Å². The molecule has 8 heteroatoms. The normalized spacial score (nSPS) is 13.0. The van der Waals surface area contributed by atoms with Gasteiger partial charge in [0.2, 0.25) is 0 Å². The number of hydrogen-bond donors (Lipinski definition) is 2. The third-order valence-corrected chi connectivity index (χ3v) is 5.45. The molecule has 1 aromatic rings. The molecule has 6 nitrogen and oxygen atoms in total. The van der Waals surface area contributed by atoms with Crippen LogP contribution in [0.25, 0.3) is 0 Å². The number of hydrogen-bond acceptors (Lipinski definition) is 4. The second-order valence-corrected chi connectivity index (χ2v) is 7.69. The van der Waals surface area contributed by atoms with Crippen LogP contribution in [0.15, 0.2) is 40.2 Å². The number of sulfone groups is 1. The van der Waals surface area contributed by atoms with Crippen LogP contribution in [0.5, 0.6) is 0 Å². The minimum atomic E-state index is -3.33. The van der Waals surface area contributed by atoms with Gasteiger partial charge in [0.15, 0.2) is 15.8 Å². The molecule has 2 N–H and O–H groups in total. The number of halogens is 1. The summed E-state index contributed by atoms with van der Waals surface area (Å²) >= 11 is 0. The molecule has 0 fully saturated rings. The van der Waals surface area contributed by atoms with Gasteiger partial charge in [-0.2, -0.15) is 0 Å². The summed E-state index contributed by atoms with van der Waals surface area (Å²) in [5.41, 5.74) is 0. The first kappa shape index (κ1) is 25.1. The van der Waals surface area contributed by atoms with Crippen molar-refractivity contribution in [2.24, 2.45) is 4.99 Å². The Morgan fingerprint density at radius 1 is 1.19 bits per heavy atom. The predicted molar refractivity (Wildman–Crippen MR) is 118 cm³/mol. The maximum Gasteiger partial charge on any atom is 0.191 e. The monoisotopic (exact) mass is 497 g/mol. The Morgan fingerprint density at radius 2 is 1.88 bits per heavy atom. The highest BCUT2D eigenvalue weighted by molar-refractivity contribution is 14.0. The molecular formula is C18H32IN3O3S. The fraction of sp³-hybridized carbons (Fsp3) is 0.611. The van der Waals surface area contributed by atoms with E-state index >= 15 is 0 Å². The van der Waals surface area contributed by atoms with Crippen molar-refractivity contribution >= 4 is 39.8 Å². The lowest BCUT2D eigenvalue weighted by atomic mass is 10.3. The smallest absolute Gasteiger partial charge is 0.191 e. The van der Waals surface area contributed by atoms with Gasteiger partial charge >= 0.3 is 0 Å². The highest BCUT2D eigenvalue weighted by Gasteiger charge is 2.20. The number of aliphatic imine (C=N–C) groups is 1. The van der Waals surface area contributed by atoms with Crippen LogP contribution in [0.3, 0.4) is 0 Å². The van der Waals surface area contributed by atoms with Crippen molar-refractivity contribution in [3.63, 3.8) is 0 Å². The average molecular weight is 497 g/mol. The van der Waals surface area contributed by atoms with Crippen LogP contribution in [0, 0.1) is 0 Å². The van der Waals surface area contributed by atoms with E-state index in [-0.39, 0.29) is 35.8 Å². The standard InChI is InChI=1S/C18H31N3O3S.HI/c1-4-16(15-25(22,23)17-11-8-7-9-12-17)21-18(19-5-2)20-13-10-14-24-6-3;/h7-9,11-12,16H,4-6,10,13-15H2,1-3H3,(H2,19,20,21);1H. The van der Waals surface area contributed by atoms with E-state index in [1.165, 1.54) is 0 Å². The summed E-state index contributed by atoms with van der Waals surface area (Å²) < 4.78 is 30.4. The first-order valence-electron chi connectivity index (χ1n) is 8.93. The largest absolute Gasteiger partial charge is 0.382 e. The van der Waals surface area contributed by atoms with E-state index in [1.807, 2.05) is 26.8 Å². The molecule has 1 aromatic carbocycles. The van der Waals surface area contributed by atoms with Crippen LogP contribution in [0.4, 0.5) is 0 Å². The lowest BCUT2D eigenvalue weighted by Gasteiger charge is -2.20. The van der Waals surface area contributed by atoms with Crippen molar-refractivity contribution in [1.82, 2.24) is 10.6 Å². The van der Waals surface area contributed by atoms with Crippen LogP contribution in [-0.4, -0.2) is 52.5 Å². The first-order chi connectivity index (χ1) is 12.0. The molecule has 0 heterocycles.